The van der Waals surface area contributed by atoms with E-state index in [0.717, 1.165) is 93.1 Å². The number of benzene rings is 1. The number of unbranched alkanes of at least 4 members (excludes halogenated alkanes) is 5. The van der Waals surface area contributed by atoms with Crippen LogP contribution in [0.25, 0.3) is 22.3 Å². The topological polar surface area (TPSA) is 209 Å². The Bertz CT molecular complexity index is 2890. The molecule has 76 heavy (non-hydrogen) atoms. The first-order valence-corrected chi connectivity index (χ1v) is 28.3. The number of carbonyl (C=O) groups excluding carboxylic acids is 4. The third-order valence-corrected chi connectivity index (χ3v) is 17.2. The number of ether oxygens (including phenoxy) is 2. The van der Waals surface area contributed by atoms with Crippen molar-refractivity contribution >= 4 is 40.3 Å². The van der Waals surface area contributed by atoms with Gasteiger partial charge < -0.3 is 35.1 Å². The average molecular weight is 1050 g/mol. The van der Waals surface area contributed by atoms with Crippen molar-refractivity contribution in [3.63, 3.8) is 0 Å². The summed E-state index contributed by atoms with van der Waals surface area (Å²) in [6.45, 7) is 22.3. The monoisotopic (exact) mass is 1050 g/mol. The quantitative estimate of drug-likeness (QED) is 0.0358. The van der Waals surface area contributed by atoms with Gasteiger partial charge in [-0.15, -0.1) is 5.10 Å². The first-order valence-electron chi connectivity index (χ1n) is 28.3. The standard InChI is InChI=1S/C59H83FN8O8/c1-12-14-15-16-17-18-24-59(74)42-27-48-51-38(29-67(48)54(71)41(42)30-75-56(59)73)25-37-26-46(43(60)28-45(37)62-51)63-52(69)36(7)61-53(70)50(33(3)4)64-55(72)57(8,9)32-76-58(10,11)31-68-47-23-21-40-39(20-22-44(47)65-66-68)49(40)35(6)34(5)19-13-2/h25-28,33-36,39-40,49-50,74H,12-24,29-32H2,1-11H3,(H,61,70)(H,63,69)(H,64,72)/t34?,35?,36-,39?,40?,49?,50-,59-/m0/s1. The molecule has 16 nitrogen and oxygen atoms in total. The molecule has 0 bridgehead atoms. The first-order chi connectivity index (χ1) is 36.0. The molecule has 0 spiro atoms. The fraction of sp³-hybridized carbons (Fsp3) is 0.661. The number of hydrogen-bond donors (Lipinski definition) is 4. The van der Waals surface area contributed by atoms with Crippen molar-refractivity contribution in [2.75, 3.05) is 11.9 Å². The predicted octanol–water partition coefficient (Wildman–Crippen LogP) is 9.07. The van der Waals surface area contributed by atoms with Crippen molar-refractivity contribution in [3.05, 3.63) is 68.5 Å². The summed E-state index contributed by atoms with van der Waals surface area (Å²) in [6.07, 6.45) is 12.5. The van der Waals surface area contributed by atoms with Crippen LogP contribution >= 0.6 is 0 Å². The second kappa shape index (κ2) is 22.8. The van der Waals surface area contributed by atoms with Crippen LogP contribution in [0.4, 0.5) is 10.1 Å². The van der Waals surface area contributed by atoms with Gasteiger partial charge >= 0.3 is 5.97 Å². The molecule has 0 saturated heterocycles. The molecule has 5 heterocycles. The lowest BCUT2D eigenvalue weighted by Crippen LogP contribution is -2.56. The van der Waals surface area contributed by atoms with Gasteiger partial charge in [0.15, 0.2) is 5.60 Å². The van der Waals surface area contributed by atoms with Gasteiger partial charge in [-0.25, -0.2) is 18.9 Å². The molecule has 2 aliphatic carbocycles. The molecule has 1 saturated carbocycles. The molecule has 8 rings (SSSR count). The Morgan fingerprint density at radius 2 is 1.63 bits per heavy atom. The lowest BCUT2D eigenvalue weighted by Gasteiger charge is -2.33. The van der Waals surface area contributed by atoms with E-state index in [4.69, 9.17) is 14.5 Å². The number of pyridine rings is 2. The Kier molecular flexibility index (Phi) is 17.0. The first kappa shape index (κ1) is 56.6. The van der Waals surface area contributed by atoms with Crippen LogP contribution in [0.15, 0.2) is 29.1 Å². The summed E-state index contributed by atoms with van der Waals surface area (Å²) < 4.78 is 31.2. The largest absolute Gasteiger partial charge is 0.458 e. The smallest absolute Gasteiger partial charge is 0.343 e. The molecule has 4 aliphatic rings. The van der Waals surface area contributed by atoms with E-state index in [9.17, 15) is 29.1 Å². The Labute approximate surface area is 447 Å². The van der Waals surface area contributed by atoms with Gasteiger partial charge in [-0.1, -0.05) is 91.7 Å². The van der Waals surface area contributed by atoms with Crippen LogP contribution in [-0.2, 0) is 66.8 Å². The van der Waals surface area contributed by atoms with Crippen molar-refractivity contribution < 1.29 is 38.1 Å². The highest BCUT2D eigenvalue weighted by molar-refractivity contribution is 6.00. The maximum absolute atomic E-state index is 15.9. The van der Waals surface area contributed by atoms with Crippen molar-refractivity contribution in [2.24, 2.45) is 40.9 Å². The lowest BCUT2D eigenvalue weighted by atomic mass is 9.83. The number of cyclic esters (lactones) is 1. The van der Waals surface area contributed by atoms with E-state index in [1.54, 1.807) is 39.8 Å². The second-order valence-corrected chi connectivity index (χ2v) is 24.4. The van der Waals surface area contributed by atoms with Gasteiger partial charge in [0.05, 0.1) is 70.3 Å². The molecule has 8 atom stereocenters. The number of fused-ring (bicyclic) bond motifs is 7. The number of anilines is 1. The third kappa shape index (κ3) is 11.8. The van der Waals surface area contributed by atoms with Crippen LogP contribution in [0, 0.1) is 46.7 Å². The molecule has 4 aromatic rings. The Hall–Kier alpha value is -5.55. The number of carbonyl (C=O) groups is 4. The molecule has 0 radical (unpaired) electrons. The number of halogens is 1. The van der Waals surface area contributed by atoms with E-state index in [-0.39, 0.29) is 54.4 Å². The summed E-state index contributed by atoms with van der Waals surface area (Å²) in [6, 6.07) is 3.93. The molecule has 1 fully saturated rings. The van der Waals surface area contributed by atoms with Gasteiger partial charge in [-0.05, 0) is 127 Å². The Balaban J connectivity index is 0.862. The molecular formula is C59H83FN8O8. The number of esters is 1. The van der Waals surface area contributed by atoms with Gasteiger partial charge in [-0.3, -0.25) is 19.2 Å². The van der Waals surface area contributed by atoms with Crippen LogP contribution in [0.2, 0.25) is 0 Å². The minimum atomic E-state index is -1.98. The summed E-state index contributed by atoms with van der Waals surface area (Å²) in [7, 11) is 0. The van der Waals surface area contributed by atoms with E-state index in [1.807, 2.05) is 18.5 Å². The minimum Gasteiger partial charge on any atom is -0.458 e. The molecule has 1 aromatic carbocycles. The van der Waals surface area contributed by atoms with Crippen molar-refractivity contribution in [1.29, 1.82) is 0 Å². The van der Waals surface area contributed by atoms with E-state index in [1.165, 1.54) is 42.2 Å². The van der Waals surface area contributed by atoms with E-state index in [2.05, 4.69) is 54.0 Å². The second-order valence-electron chi connectivity index (χ2n) is 24.4. The normalized spacial score (nSPS) is 21.4. The highest BCUT2D eigenvalue weighted by Crippen LogP contribution is 2.58. The SMILES string of the molecule is CCCCCCCC[C@@]1(O)C(=O)OCc2c1cc1n(c2=O)Cc2cc3cc(NC(=O)[C@H](C)NC(=O)[C@@H](NC(=O)C(C)(C)COC(C)(C)Cn4nnc5c4CCC4C(CC5)C4C(C)C(C)CCC)C(C)C)c(F)cc3nc2-1. The summed E-state index contributed by atoms with van der Waals surface area (Å²) in [5, 5.41) is 29.7. The summed E-state index contributed by atoms with van der Waals surface area (Å²) in [4.78, 5) is 73.1. The summed E-state index contributed by atoms with van der Waals surface area (Å²) in [5.74, 6) is 0.236. The maximum Gasteiger partial charge on any atom is 0.343 e. The maximum atomic E-state index is 15.9. The van der Waals surface area contributed by atoms with Gasteiger partial charge in [-0.2, -0.15) is 0 Å². The molecule has 5 unspecified atom stereocenters. The third-order valence-electron chi connectivity index (χ3n) is 17.2. The molecule has 2 aliphatic heterocycles. The van der Waals surface area contributed by atoms with Crippen LogP contribution in [-0.4, -0.2) is 77.6 Å². The zero-order valence-electron chi connectivity index (χ0n) is 46.9. The van der Waals surface area contributed by atoms with Crippen molar-refractivity contribution in [3.8, 4) is 11.4 Å². The predicted molar refractivity (Wildman–Crippen MR) is 289 cm³/mol. The number of aryl methyl sites for hydroxylation is 1. The van der Waals surface area contributed by atoms with Crippen LogP contribution in [0.3, 0.4) is 0 Å². The number of amides is 3. The zero-order valence-corrected chi connectivity index (χ0v) is 46.9. The highest BCUT2D eigenvalue weighted by Gasteiger charge is 2.53. The van der Waals surface area contributed by atoms with Gasteiger partial charge in [0.2, 0.25) is 17.7 Å². The molecule has 4 N–H and O–H groups in total. The fourth-order valence-electron chi connectivity index (χ4n) is 12.2. The van der Waals surface area contributed by atoms with Crippen LogP contribution < -0.4 is 21.5 Å². The van der Waals surface area contributed by atoms with E-state index >= 15 is 4.39 Å². The Morgan fingerprint density at radius 1 is 0.921 bits per heavy atom. The number of aromatic nitrogens is 5. The highest BCUT2D eigenvalue weighted by atomic mass is 19.1. The fourth-order valence-corrected chi connectivity index (χ4v) is 12.2. The molecule has 414 valence electrons. The number of aliphatic hydroxyl groups is 1. The van der Waals surface area contributed by atoms with Gasteiger partial charge in [0, 0.05) is 22.6 Å². The zero-order chi connectivity index (χ0) is 55.0. The molecule has 17 heteroatoms. The molecule has 3 aromatic heterocycles. The van der Waals surface area contributed by atoms with Crippen LogP contribution in [0.1, 0.15) is 175 Å². The number of nitrogens with zero attached hydrogens (tertiary/aromatic N) is 5. The number of rotatable bonds is 23. The molecular weight excluding hydrogens is 968 g/mol. The van der Waals surface area contributed by atoms with Crippen molar-refractivity contribution in [1.82, 2.24) is 35.2 Å². The van der Waals surface area contributed by atoms with Crippen LogP contribution in [0.5, 0.6) is 0 Å². The Morgan fingerprint density at radius 3 is 2.34 bits per heavy atom. The lowest BCUT2D eigenvalue weighted by molar-refractivity contribution is -0.173. The van der Waals surface area contributed by atoms with Gasteiger partial charge in [0.1, 0.15) is 24.5 Å². The summed E-state index contributed by atoms with van der Waals surface area (Å²) >= 11 is 0. The summed E-state index contributed by atoms with van der Waals surface area (Å²) in [5.41, 5.74) is 0.198. The van der Waals surface area contributed by atoms with E-state index in [0.29, 0.717) is 35.3 Å². The van der Waals surface area contributed by atoms with Gasteiger partial charge in [0.25, 0.3) is 5.56 Å². The van der Waals surface area contributed by atoms with E-state index < -0.39 is 63.8 Å². The van der Waals surface area contributed by atoms with Crippen molar-refractivity contribution in [2.45, 2.75) is 203 Å². The molecule has 3 amide bonds. The average Bonchev–Trinajstić information content (AvgIpc) is 3.74. The number of hydrogen-bond acceptors (Lipinski definition) is 11. The minimum absolute atomic E-state index is 0.0670. The number of nitrogens with one attached hydrogen (secondary N) is 3.